The summed E-state index contributed by atoms with van der Waals surface area (Å²) in [6, 6.07) is 7.89. The van der Waals surface area contributed by atoms with E-state index in [0.717, 1.165) is 61.9 Å². The van der Waals surface area contributed by atoms with Crippen LogP contribution in [-0.4, -0.2) is 59.1 Å². The van der Waals surface area contributed by atoms with Crippen LogP contribution in [0.4, 0.5) is 4.79 Å². The molecule has 35 heavy (non-hydrogen) atoms. The molecule has 2 aromatic carbocycles. The van der Waals surface area contributed by atoms with Gasteiger partial charge in [0.1, 0.15) is 16.9 Å². The first-order valence-corrected chi connectivity index (χ1v) is 12.3. The molecule has 2 N–H and O–H groups in total. The van der Waals surface area contributed by atoms with Crippen LogP contribution < -0.4 is 14.8 Å². The third-order valence-electron chi connectivity index (χ3n) is 5.86. The van der Waals surface area contributed by atoms with Crippen LogP contribution >= 0.6 is 11.3 Å². The number of benzene rings is 2. The van der Waals surface area contributed by atoms with Crippen LogP contribution in [0.15, 0.2) is 30.5 Å². The number of ether oxygens (including phenoxy) is 3. The molecular formula is C25H26N4O5S. The number of methoxy groups -OCH3 is 1. The van der Waals surface area contributed by atoms with Crippen molar-refractivity contribution in [3.05, 3.63) is 41.6 Å². The number of hydrogen-bond donors (Lipinski definition) is 2. The van der Waals surface area contributed by atoms with E-state index in [1.54, 1.807) is 24.6 Å². The predicted octanol–water partition coefficient (Wildman–Crippen LogP) is 4.59. The van der Waals surface area contributed by atoms with Crippen LogP contribution in [0.25, 0.3) is 31.8 Å². The highest BCUT2D eigenvalue weighted by atomic mass is 32.1. The Hall–Kier alpha value is -3.50. The van der Waals surface area contributed by atoms with E-state index in [9.17, 15) is 4.79 Å². The van der Waals surface area contributed by atoms with Gasteiger partial charge in [-0.2, -0.15) is 0 Å². The molecule has 0 saturated carbocycles. The van der Waals surface area contributed by atoms with Gasteiger partial charge < -0.3 is 24.6 Å². The standard InChI is InChI=1S/C21H18N4O4S.C4H8O/c1-10-5-13(18-15(6-10)24-17(28-2)9-22-18)20-25-14-3-4-16-12(19(14)30-20)7-11(29-16)8-23-21(26)27;1-2-4-5-3-1/h3-6,9,11,23H,7-8H2,1-2H3,(H,26,27);1-4H2. The summed E-state index contributed by atoms with van der Waals surface area (Å²) in [5, 5.41) is 12.1. The van der Waals surface area contributed by atoms with Gasteiger partial charge in [-0.15, -0.1) is 11.3 Å². The first-order valence-electron chi connectivity index (χ1n) is 11.5. The molecule has 0 aliphatic carbocycles. The quantitative estimate of drug-likeness (QED) is 0.423. The van der Waals surface area contributed by atoms with Crippen molar-refractivity contribution in [3.8, 4) is 22.2 Å². The molecule has 1 amide bonds. The van der Waals surface area contributed by atoms with E-state index in [1.165, 1.54) is 12.8 Å². The van der Waals surface area contributed by atoms with E-state index in [-0.39, 0.29) is 12.6 Å². The Labute approximate surface area is 206 Å². The van der Waals surface area contributed by atoms with E-state index >= 15 is 0 Å². The van der Waals surface area contributed by atoms with Crippen LogP contribution in [0, 0.1) is 6.92 Å². The molecule has 1 unspecified atom stereocenters. The Morgan fingerprint density at radius 1 is 1.23 bits per heavy atom. The third kappa shape index (κ3) is 4.98. The van der Waals surface area contributed by atoms with Gasteiger partial charge in [-0.3, -0.25) is 0 Å². The molecule has 4 heterocycles. The first kappa shape index (κ1) is 23.3. The number of nitrogens with one attached hydrogen (secondary N) is 1. The number of fused-ring (bicyclic) bond motifs is 4. The number of carboxylic acid groups (broad SMARTS) is 1. The molecule has 6 rings (SSSR count). The summed E-state index contributed by atoms with van der Waals surface area (Å²) >= 11 is 1.59. The van der Waals surface area contributed by atoms with Gasteiger partial charge in [0.05, 0.1) is 41.1 Å². The zero-order valence-electron chi connectivity index (χ0n) is 19.5. The molecular weight excluding hydrogens is 468 g/mol. The van der Waals surface area contributed by atoms with Crippen molar-refractivity contribution < 1.29 is 24.1 Å². The van der Waals surface area contributed by atoms with Crippen molar-refractivity contribution in [1.29, 1.82) is 0 Å². The average Bonchev–Trinajstić information content (AvgIpc) is 3.62. The minimum atomic E-state index is -1.05. The topological polar surface area (TPSA) is 116 Å². The smallest absolute Gasteiger partial charge is 0.404 e. The fraction of sp³-hybridized carbons (Fsp3) is 0.360. The van der Waals surface area contributed by atoms with Gasteiger partial charge in [0.15, 0.2) is 0 Å². The SMILES string of the molecule is C1CCOC1.COc1cnc2c(-c3nc4ccc5c(c4s3)CC(CNC(=O)O)O5)cc(C)cc2n1. The zero-order valence-corrected chi connectivity index (χ0v) is 20.4. The van der Waals surface area contributed by atoms with E-state index in [4.69, 9.17) is 24.3 Å². The summed E-state index contributed by atoms with van der Waals surface area (Å²) in [5.74, 6) is 1.26. The van der Waals surface area contributed by atoms with E-state index in [1.807, 2.05) is 25.1 Å². The number of carbonyl (C=O) groups is 1. The molecule has 1 saturated heterocycles. The van der Waals surface area contributed by atoms with Gasteiger partial charge in [0.2, 0.25) is 5.88 Å². The summed E-state index contributed by atoms with van der Waals surface area (Å²) in [6.07, 6.45) is 3.54. The van der Waals surface area contributed by atoms with Gasteiger partial charge in [0.25, 0.3) is 0 Å². The van der Waals surface area contributed by atoms with Crippen LogP contribution in [0.3, 0.4) is 0 Å². The van der Waals surface area contributed by atoms with Crippen molar-refractivity contribution in [2.75, 3.05) is 26.9 Å². The highest BCUT2D eigenvalue weighted by Crippen LogP contribution is 2.41. The minimum absolute atomic E-state index is 0.217. The Bertz CT molecular complexity index is 1380. The second kappa shape index (κ2) is 10.0. The van der Waals surface area contributed by atoms with E-state index in [0.29, 0.717) is 12.3 Å². The highest BCUT2D eigenvalue weighted by Gasteiger charge is 2.27. The molecule has 4 aromatic rings. The van der Waals surface area contributed by atoms with E-state index < -0.39 is 6.09 Å². The molecule has 1 atom stereocenters. The van der Waals surface area contributed by atoms with Gasteiger partial charge >= 0.3 is 6.09 Å². The Balaban J connectivity index is 0.000000453. The molecule has 0 bridgehead atoms. The van der Waals surface area contributed by atoms with E-state index in [2.05, 4.69) is 21.4 Å². The summed E-state index contributed by atoms with van der Waals surface area (Å²) < 4.78 is 17.1. The summed E-state index contributed by atoms with van der Waals surface area (Å²) in [6.45, 7) is 4.26. The lowest BCUT2D eigenvalue weighted by Gasteiger charge is -2.09. The van der Waals surface area contributed by atoms with Gasteiger partial charge in [0, 0.05) is 30.8 Å². The van der Waals surface area contributed by atoms with Crippen molar-refractivity contribution >= 4 is 38.7 Å². The predicted molar refractivity (Wildman–Crippen MR) is 134 cm³/mol. The fourth-order valence-corrected chi connectivity index (χ4v) is 5.36. The number of nitrogens with zero attached hydrogens (tertiary/aromatic N) is 3. The number of thiazole rings is 1. The number of rotatable bonds is 4. The molecule has 182 valence electrons. The summed E-state index contributed by atoms with van der Waals surface area (Å²) in [4.78, 5) is 24.7. The molecule has 10 heteroatoms. The highest BCUT2D eigenvalue weighted by molar-refractivity contribution is 7.22. The summed E-state index contributed by atoms with van der Waals surface area (Å²) in [7, 11) is 1.57. The summed E-state index contributed by atoms with van der Waals surface area (Å²) in [5.41, 5.74) is 5.48. The second-order valence-corrected chi connectivity index (χ2v) is 9.45. The first-order chi connectivity index (χ1) is 17.0. The molecule has 1 fully saturated rings. The lowest BCUT2D eigenvalue weighted by molar-refractivity contribution is 0.181. The average molecular weight is 495 g/mol. The zero-order chi connectivity index (χ0) is 24.4. The maximum atomic E-state index is 10.8. The minimum Gasteiger partial charge on any atom is -0.488 e. The van der Waals surface area contributed by atoms with Crippen molar-refractivity contribution in [1.82, 2.24) is 20.3 Å². The number of aromatic nitrogens is 3. The third-order valence-corrected chi connectivity index (χ3v) is 7.02. The normalized spacial score (nSPS) is 16.5. The number of aryl methyl sites for hydroxylation is 1. The monoisotopic (exact) mass is 494 g/mol. The van der Waals surface area contributed by atoms with Crippen LogP contribution in [0.1, 0.15) is 24.0 Å². The van der Waals surface area contributed by atoms with Crippen molar-refractivity contribution in [2.45, 2.75) is 32.3 Å². The van der Waals surface area contributed by atoms with Gasteiger partial charge in [-0.05, 0) is 49.6 Å². The van der Waals surface area contributed by atoms with Gasteiger partial charge in [-0.25, -0.2) is 19.7 Å². The fourth-order valence-electron chi connectivity index (χ4n) is 4.23. The number of amides is 1. The maximum Gasteiger partial charge on any atom is 0.404 e. The molecule has 2 aromatic heterocycles. The molecule has 2 aliphatic rings. The number of hydrogen-bond acceptors (Lipinski definition) is 8. The molecule has 0 spiro atoms. The van der Waals surface area contributed by atoms with Crippen LogP contribution in [-0.2, 0) is 11.2 Å². The Morgan fingerprint density at radius 3 is 2.77 bits per heavy atom. The lowest BCUT2D eigenvalue weighted by atomic mass is 10.1. The van der Waals surface area contributed by atoms with Crippen LogP contribution in [0.2, 0.25) is 0 Å². The maximum absolute atomic E-state index is 10.8. The van der Waals surface area contributed by atoms with Gasteiger partial charge in [-0.1, -0.05) is 0 Å². The second-order valence-electron chi connectivity index (χ2n) is 8.45. The molecule has 0 radical (unpaired) electrons. The lowest BCUT2D eigenvalue weighted by Crippen LogP contribution is -2.33. The van der Waals surface area contributed by atoms with Crippen molar-refractivity contribution in [3.63, 3.8) is 0 Å². The largest absolute Gasteiger partial charge is 0.488 e. The Morgan fingerprint density at radius 2 is 2.06 bits per heavy atom. The Kier molecular flexibility index (Phi) is 6.65. The van der Waals surface area contributed by atoms with Crippen LogP contribution in [0.5, 0.6) is 11.6 Å². The molecule has 9 nitrogen and oxygen atoms in total. The molecule has 2 aliphatic heterocycles. The van der Waals surface area contributed by atoms with Crippen molar-refractivity contribution in [2.24, 2.45) is 0 Å².